The van der Waals surface area contributed by atoms with Crippen molar-refractivity contribution in [3.05, 3.63) is 30.3 Å². The van der Waals surface area contributed by atoms with Crippen molar-refractivity contribution in [2.45, 2.75) is 0 Å². The predicted octanol–water partition coefficient (Wildman–Crippen LogP) is 0.109. The molecule has 0 aliphatic rings. The van der Waals surface area contributed by atoms with Crippen LogP contribution in [-0.2, 0) is 4.57 Å². The van der Waals surface area contributed by atoms with E-state index in [9.17, 15) is 4.57 Å². The predicted molar refractivity (Wildman–Crippen MR) is 43.9 cm³/mol. The van der Waals surface area contributed by atoms with Crippen molar-refractivity contribution in [2.75, 3.05) is 0 Å². The van der Waals surface area contributed by atoms with Gasteiger partial charge in [-0.1, -0.05) is 18.2 Å². The van der Waals surface area contributed by atoms with E-state index in [2.05, 4.69) is 0 Å². The summed E-state index contributed by atoms with van der Waals surface area (Å²) in [5, 5.41) is 0.0648. The first-order valence-electron chi connectivity index (χ1n) is 2.72. The van der Waals surface area contributed by atoms with E-state index >= 15 is 0 Å². The van der Waals surface area contributed by atoms with Crippen molar-refractivity contribution in [1.29, 1.82) is 0 Å². The number of rotatable bonds is 1. The molecule has 3 nitrogen and oxygen atoms in total. The Kier molecular flexibility index (Phi) is 5.26. The van der Waals surface area contributed by atoms with E-state index < -0.39 is 7.60 Å². The van der Waals surface area contributed by atoms with Crippen LogP contribution in [0.3, 0.4) is 0 Å². The first kappa shape index (κ1) is 11.9. The van der Waals surface area contributed by atoms with Crippen LogP contribution in [0, 0.1) is 0 Å². The standard InChI is InChI=1S/C6H7O3P.Ba/c7-10(8,9)6-4-2-1-3-5-6;/h1-5H,(H2,7,8,9);. The summed E-state index contributed by atoms with van der Waals surface area (Å²) in [6.45, 7) is 0. The van der Waals surface area contributed by atoms with Crippen molar-refractivity contribution >= 4 is 61.8 Å². The van der Waals surface area contributed by atoms with Gasteiger partial charge < -0.3 is 9.79 Å². The molecule has 0 saturated heterocycles. The van der Waals surface area contributed by atoms with E-state index in [1.54, 1.807) is 18.2 Å². The molecule has 2 N–H and O–H groups in total. The Morgan fingerprint density at radius 1 is 1.09 bits per heavy atom. The quantitative estimate of drug-likeness (QED) is 0.571. The molecule has 0 amide bonds. The number of benzene rings is 1. The molecule has 0 aliphatic carbocycles. The third-order valence-electron chi connectivity index (χ3n) is 1.09. The Bertz CT molecular complexity index is 256. The summed E-state index contributed by atoms with van der Waals surface area (Å²) in [5.74, 6) is 0. The molecule has 1 rings (SSSR count). The van der Waals surface area contributed by atoms with Crippen molar-refractivity contribution in [2.24, 2.45) is 0 Å². The van der Waals surface area contributed by atoms with Crippen LogP contribution in [0.5, 0.6) is 0 Å². The van der Waals surface area contributed by atoms with Gasteiger partial charge in [0, 0.05) is 48.9 Å². The molecule has 11 heavy (non-hydrogen) atoms. The molecule has 0 saturated carbocycles. The van der Waals surface area contributed by atoms with Gasteiger partial charge in [-0.2, -0.15) is 0 Å². The van der Waals surface area contributed by atoms with Gasteiger partial charge in [-0.15, -0.1) is 0 Å². The van der Waals surface area contributed by atoms with Gasteiger partial charge in [-0.25, -0.2) is 0 Å². The topological polar surface area (TPSA) is 57.5 Å². The zero-order valence-electron chi connectivity index (χ0n) is 5.84. The fourth-order valence-electron chi connectivity index (χ4n) is 0.622. The summed E-state index contributed by atoms with van der Waals surface area (Å²) in [6.07, 6.45) is 0. The normalized spacial score (nSPS) is 10.4. The molecule has 1 aromatic rings. The molecule has 2 radical (unpaired) electrons. The van der Waals surface area contributed by atoms with Crippen molar-refractivity contribution in [1.82, 2.24) is 0 Å². The largest absolute Gasteiger partial charge is 0.356 e. The van der Waals surface area contributed by atoms with Gasteiger partial charge in [0.25, 0.3) is 0 Å². The van der Waals surface area contributed by atoms with Gasteiger partial charge in [-0.3, -0.25) is 4.57 Å². The number of hydrogen-bond donors (Lipinski definition) is 2. The summed E-state index contributed by atoms with van der Waals surface area (Å²) >= 11 is 0. The molecule has 0 aliphatic heterocycles. The Hall–Kier alpha value is 0.941. The molecular formula is C6H7BaO3P. The van der Waals surface area contributed by atoms with E-state index in [1.165, 1.54) is 12.1 Å². The summed E-state index contributed by atoms with van der Waals surface area (Å²) in [7, 11) is -4.02. The van der Waals surface area contributed by atoms with Crippen LogP contribution in [-0.4, -0.2) is 58.7 Å². The van der Waals surface area contributed by atoms with Crippen LogP contribution in [0.1, 0.15) is 0 Å². The average Bonchev–Trinajstić information content (AvgIpc) is 1.88. The van der Waals surface area contributed by atoms with Gasteiger partial charge in [-0.05, 0) is 12.1 Å². The third kappa shape index (κ3) is 3.92. The maximum absolute atomic E-state index is 10.5. The maximum Gasteiger partial charge on any atom is 0.356 e. The molecule has 56 valence electrons. The molecule has 0 atom stereocenters. The van der Waals surface area contributed by atoms with Crippen molar-refractivity contribution in [3.63, 3.8) is 0 Å². The van der Waals surface area contributed by atoms with Crippen LogP contribution in [0.15, 0.2) is 30.3 Å². The van der Waals surface area contributed by atoms with Gasteiger partial charge in [0.2, 0.25) is 0 Å². The van der Waals surface area contributed by atoms with Crippen molar-refractivity contribution in [3.8, 4) is 0 Å². The summed E-state index contributed by atoms with van der Waals surface area (Å²) in [5.41, 5.74) is 0. The molecule has 0 heterocycles. The number of hydrogen-bond acceptors (Lipinski definition) is 1. The zero-order chi connectivity index (χ0) is 7.61. The van der Waals surface area contributed by atoms with E-state index in [1.807, 2.05) is 0 Å². The fourth-order valence-corrected chi connectivity index (χ4v) is 1.18. The van der Waals surface area contributed by atoms with Gasteiger partial charge >= 0.3 is 7.60 Å². The molecule has 0 unspecified atom stereocenters. The first-order valence-corrected chi connectivity index (χ1v) is 4.33. The zero-order valence-corrected chi connectivity index (χ0v) is 11.2. The Balaban J connectivity index is 0.000001000. The Morgan fingerprint density at radius 2 is 1.55 bits per heavy atom. The second-order valence-corrected chi connectivity index (χ2v) is 3.48. The minimum absolute atomic E-state index is 0. The average molecular weight is 295 g/mol. The molecule has 0 aromatic heterocycles. The summed E-state index contributed by atoms with van der Waals surface area (Å²) in [6, 6.07) is 7.70. The van der Waals surface area contributed by atoms with Crippen LogP contribution in [0.4, 0.5) is 0 Å². The second-order valence-electron chi connectivity index (χ2n) is 1.88. The molecule has 0 spiro atoms. The first-order chi connectivity index (χ1) is 4.61. The Morgan fingerprint density at radius 3 is 1.82 bits per heavy atom. The molecule has 1 aromatic carbocycles. The van der Waals surface area contributed by atoms with E-state index in [4.69, 9.17) is 9.79 Å². The van der Waals surface area contributed by atoms with Gasteiger partial charge in [0.1, 0.15) is 0 Å². The SMILES string of the molecule is O=P(O)(O)c1ccccc1.[Ba]. The maximum atomic E-state index is 10.5. The van der Waals surface area contributed by atoms with Gasteiger partial charge in [0.05, 0.1) is 5.30 Å². The van der Waals surface area contributed by atoms with Crippen LogP contribution < -0.4 is 5.30 Å². The van der Waals surface area contributed by atoms with Crippen LogP contribution in [0.25, 0.3) is 0 Å². The molecular weight excluding hydrogens is 288 g/mol. The van der Waals surface area contributed by atoms with Crippen LogP contribution in [0.2, 0.25) is 0 Å². The molecule has 0 bridgehead atoms. The van der Waals surface area contributed by atoms with Crippen LogP contribution >= 0.6 is 7.60 Å². The van der Waals surface area contributed by atoms with E-state index in [-0.39, 0.29) is 54.2 Å². The fraction of sp³-hybridized carbons (Fsp3) is 0. The van der Waals surface area contributed by atoms with Crippen molar-refractivity contribution < 1.29 is 14.4 Å². The van der Waals surface area contributed by atoms with E-state index in [0.717, 1.165) is 0 Å². The minimum Gasteiger partial charge on any atom is -0.321 e. The summed E-state index contributed by atoms with van der Waals surface area (Å²) < 4.78 is 10.5. The monoisotopic (exact) mass is 296 g/mol. The summed E-state index contributed by atoms with van der Waals surface area (Å²) in [4.78, 5) is 17.2. The molecule has 0 fully saturated rings. The Labute approximate surface area is 105 Å². The molecule has 5 heteroatoms. The third-order valence-corrected chi connectivity index (χ3v) is 2.06. The smallest absolute Gasteiger partial charge is 0.321 e. The minimum atomic E-state index is -4.02. The van der Waals surface area contributed by atoms with E-state index in [0.29, 0.717) is 0 Å². The second kappa shape index (κ2) is 4.84. The van der Waals surface area contributed by atoms with Gasteiger partial charge in [0.15, 0.2) is 0 Å².